The molecule has 2 heterocycles. The van der Waals surface area contributed by atoms with E-state index < -0.39 is 0 Å². The molecule has 0 aliphatic heterocycles. The summed E-state index contributed by atoms with van der Waals surface area (Å²) in [6, 6.07) is 64.1. The third-order valence-electron chi connectivity index (χ3n) is 10.5. The summed E-state index contributed by atoms with van der Waals surface area (Å²) in [5.41, 5.74) is 9.61. The zero-order valence-electron chi connectivity index (χ0n) is 28.5. The van der Waals surface area contributed by atoms with E-state index in [2.05, 4.69) is 157 Å². The van der Waals surface area contributed by atoms with Crippen molar-refractivity contribution in [3.63, 3.8) is 0 Å². The van der Waals surface area contributed by atoms with Crippen LogP contribution in [-0.2, 0) is 0 Å². The van der Waals surface area contributed by atoms with E-state index in [1.807, 2.05) is 30.3 Å². The topological polar surface area (TPSA) is 42.4 Å². The number of aromatic nitrogens is 1. The van der Waals surface area contributed by atoms with Gasteiger partial charge in [0, 0.05) is 44.9 Å². The Labute approximate surface area is 304 Å². The Kier molecular flexibility index (Phi) is 6.52. The van der Waals surface area contributed by atoms with Gasteiger partial charge in [-0.2, -0.15) is 0 Å². The Hall–Kier alpha value is -7.17. The van der Waals surface area contributed by atoms with Gasteiger partial charge in [0.15, 0.2) is 5.58 Å². The van der Waals surface area contributed by atoms with Gasteiger partial charge in [-0.15, -0.1) is 0 Å². The van der Waals surface area contributed by atoms with Crippen LogP contribution in [0.4, 0.5) is 17.1 Å². The van der Waals surface area contributed by atoms with Crippen molar-refractivity contribution in [1.29, 1.82) is 0 Å². The first-order chi connectivity index (χ1) is 26.2. The number of rotatable bonds is 5. The number of benzene rings is 9. The van der Waals surface area contributed by atoms with Gasteiger partial charge in [-0.3, -0.25) is 0 Å². The maximum atomic E-state index is 6.61. The van der Waals surface area contributed by atoms with Gasteiger partial charge in [0.25, 0.3) is 0 Å². The molecule has 53 heavy (non-hydrogen) atoms. The predicted molar refractivity (Wildman–Crippen MR) is 219 cm³/mol. The van der Waals surface area contributed by atoms with Crippen molar-refractivity contribution in [1.82, 2.24) is 4.98 Å². The molecule has 0 aliphatic carbocycles. The summed E-state index contributed by atoms with van der Waals surface area (Å²) in [5.74, 6) is 0.582. The molecule has 9 aromatic carbocycles. The fourth-order valence-corrected chi connectivity index (χ4v) is 7.84. The van der Waals surface area contributed by atoms with Crippen molar-refractivity contribution in [2.24, 2.45) is 0 Å². The summed E-state index contributed by atoms with van der Waals surface area (Å²) < 4.78 is 13.0. The summed E-state index contributed by atoms with van der Waals surface area (Å²) >= 11 is 0. The number of furan rings is 1. The lowest BCUT2D eigenvalue weighted by Crippen LogP contribution is -2.09. The van der Waals surface area contributed by atoms with Crippen molar-refractivity contribution in [3.05, 3.63) is 182 Å². The molecule has 0 aliphatic rings. The van der Waals surface area contributed by atoms with Crippen LogP contribution < -0.4 is 4.90 Å². The first kappa shape index (κ1) is 29.5. The fraction of sp³-hybridized carbons (Fsp3) is 0. The van der Waals surface area contributed by atoms with Crippen LogP contribution in [0.2, 0.25) is 0 Å². The molecule has 4 nitrogen and oxygen atoms in total. The van der Waals surface area contributed by atoms with Crippen LogP contribution in [0, 0.1) is 0 Å². The largest absolute Gasteiger partial charge is 0.456 e. The van der Waals surface area contributed by atoms with E-state index in [4.69, 9.17) is 13.8 Å². The van der Waals surface area contributed by atoms with E-state index in [9.17, 15) is 0 Å². The van der Waals surface area contributed by atoms with Gasteiger partial charge in [0.1, 0.15) is 16.7 Å². The fourth-order valence-electron chi connectivity index (χ4n) is 7.84. The number of hydrogen-bond donors (Lipinski definition) is 0. The van der Waals surface area contributed by atoms with E-state index in [1.165, 1.54) is 32.7 Å². The minimum atomic E-state index is 0.582. The SMILES string of the molecule is c1ccc2cc(-c3ccc(N(c4ccc5ccccc5c4)c4ccc5c(c4)oc4cccc(-c6nc7c(ccc8ccccc87)o6)c45)cc3)ccc2c1. The van der Waals surface area contributed by atoms with Gasteiger partial charge in [-0.05, 0) is 98.7 Å². The first-order valence-corrected chi connectivity index (χ1v) is 17.9. The highest BCUT2D eigenvalue weighted by Crippen LogP contribution is 2.43. The van der Waals surface area contributed by atoms with Crippen LogP contribution in [0.3, 0.4) is 0 Å². The number of nitrogens with zero attached hydrogens (tertiary/aromatic N) is 2. The monoisotopic (exact) mass is 678 g/mol. The van der Waals surface area contributed by atoms with E-state index in [1.54, 1.807) is 0 Å². The Morgan fingerprint density at radius 2 is 1.02 bits per heavy atom. The molecular weight excluding hydrogens is 649 g/mol. The molecule has 0 saturated carbocycles. The normalized spacial score (nSPS) is 11.8. The second kappa shape index (κ2) is 11.7. The van der Waals surface area contributed by atoms with Crippen LogP contribution in [0.1, 0.15) is 0 Å². The molecule has 0 saturated heterocycles. The maximum absolute atomic E-state index is 6.61. The molecule has 0 bridgehead atoms. The highest BCUT2D eigenvalue weighted by atomic mass is 16.3. The first-order valence-electron chi connectivity index (χ1n) is 17.9. The summed E-state index contributed by atoms with van der Waals surface area (Å²) in [5, 5.41) is 9.08. The molecule has 0 atom stereocenters. The second-order valence-electron chi connectivity index (χ2n) is 13.6. The molecule has 4 heteroatoms. The summed E-state index contributed by atoms with van der Waals surface area (Å²) in [7, 11) is 0. The second-order valence-corrected chi connectivity index (χ2v) is 13.6. The van der Waals surface area contributed by atoms with E-state index in [-0.39, 0.29) is 0 Å². The van der Waals surface area contributed by atoms with Crippen molar-refractivity contribution in [3.8, 4) is 22.6 Å². The summed E-state index contributed by atoms with van der Waals surface area (Å²) in [6.45, 7) is 0. The van der Waals surface area contributed by atoms with Crippen molar-refractivity contribution in [2.45, 2.75) is 0 Å². The molecule has 0 unspecified atom stereocenters. The van der Waals surface area contributed by atoms with Crippen LogP contribution in [0.15, 0.2) is 191 Å². The number of oxazole rings is 1. The number of fused-ring (bicyclic) bond motifs is 8. The molecule has 11 aromatic rings. The lowest BCUT2D eigenvalue weighted by atomic mass is 10.0. The van der Waals surface area contributed by atoms with Gasteiger partial charge < -0.3 is 13.7 Å². The van der Waals surface area contributed by atoms with Gasteiger partial charge in [0.05, 0.1) is 0 Å². The zero-order chi connectivity index (χ0) is 34.9. The van der Waals surface area contributed by atoms with Gasteiger partial charge in [0.2, 0.25) is 5.89 Å². The highest BCUT2D eigenvalue weighted by Gasteiger charge is 2.20. The summed E-state index contributed by atoms with van der Waals surface area (Å²) in [6.07, 6.45) is 0. The van der Waals surface area contributed by atoms with Crippen molar-refractivity contribution >= 4 is 82.4 Å². The smallest absolute Gasteiger partial charge is 0.228 e. The molecule has 0 fully saturated rings. The number of hydrogen-bond acceptors (Lipinski definition) is 4. The van der Waals surface area contributed by atoms with E-state index in [0.29, 0.717) is 5.89 Å². The lowest BCUT2D eigenvalue weighted by Gasteiger charge is -2.26. The van der Waals surface area contributed by atoms with E-state index >= 15 is 0 Å². The Morgan fingerprint density at radius 3 is 1.85 bits per heavy atom. The average Bonchev–Trinajstić information content (AvgIpc) is 3.83. The third-order valence-corrected chi connectivity index (χ3v) is 10.5. The van der Waals surface area contributed by atoms with Crippen molar-refractivity contribution < 1.29 is 8.83 Å². The van der Waals surface area contributed by atoms with Crippen LogP contribution in [0.25, 0.3) is 87.9 Å². The Bertz CT molecular complexity index is 3190. The standard InChI is InChI=1S/C49H30N2O2/c1-3-11-35-28-37(17-16-31(35)8-1)33-18-22-38(23-19-33)51(39-24-20-32-9-2-4-12-36(32)29-39)40-25-26-42-46(30-40)52-44-15-7-14-43(47(42)44)49-50-48-41-13-6-5-10-34(41)21-27-45(48)53-49/h1-30H. The van der Waals surface area contributed by atoms with Crippen LogP contribution in [0.5, 0.6) is 0 Å². The Balaban J connectivity index is 1.04. The maximum Gasteiger partial charge on any atom is 0.228 e. The number of anilines is 3. The molecule has 2 aromatic heterocycles. The summed E-state index contributed by atoms with van der Waals surface area (Å²) in [4.78, 5) is 7.33. The van der Waals surface area contributed by atoms with Crippen LogP contribution >= 0.6 is 0 Å². The van der Waals surface area contributed by atoms with Gasteiger partial charge in [-0.25, -0.2) is 4.98 Å². The molecule has 248 valence electrons. The van der Waals surface area contributed by atoms with Crippen LogP contribution in [-0.4, -0.2) is 4.98 Å². The molecule has 11 rings (SSSR count). The third kappa shape index (κ3) is 4.88. The minimum absolute atomic E-state index is 0.582. The molecule has 0 N–H and O–H groups in total. The van der Waals surface area contributed by atoms with E-state index in [0.717, 1.165) is 66.4 Å². The molecular formula is C49H30N2O2. The molecule has 0 amide bonds. The molecule has 0 radical (unpaired) electrons. The quantitative estimate of drug-likeness (QED) is 0.182. The Morgan fingerprint density at radius 1 is 0.377 bits per heavy atom. The molecule has 0 spiro atoms. The highest BCUT2D eigenvalue weighted by molar-refractivity contribution is 6.13. The van der Waals surface area contributed by atoms with Gasteiger partial charge >= 0.3 is 0 Å². The average molecular weight is 679 g/mol. The zero-order valence-corrected chi connectivity index (χ0v) is 28.5. The predicted octanol–water partition coefficient (Wildman–Crippen LogP) is 14.0. The lowest BCUT2D eigenvalue weighted by molar-refractivity contribution is 0.620. The minimum Gasteiger partial charge on any atom is -0.456 e. The van der Waals surface area contributed by atoms with Crippen molar-refractivity contribution in [2.75, 3.05) is 4.90 Å². The van der Waals surface area contributed by atoms with Gasteiger partial charge in [-0.1, -0.05) is 115 Å².